The first kappa shape index (κ1) is 25.4. The fraction of sp³-hybridized carbons (Fsp3) is 0.167. The Morgan fingerprint density at radius 1 is 1.00 bits per heavy atom. The minimum atomic E-state index is -0.435. The molecule has 3 N–H and O–H groups in total. The highest BCUT2D eigenvalue weighted by Gasteiger charge is 2.20. The average molecular weight is 518 g/mol. The van der Waals surface area contributed by atoms with Gasteiger partial charge in [-0.2, -0.15) is 10.2 Å². The number of aromatic nitrogens is 4. The van der Waals surface area contributed by atoms with Gasteiger partial charge in [-0.15, -0.1) is 0 Å². The quantitative estimate of drug-likeness (QED) is 0.330. The highest BCUT2D eigenvalue weighted by molar-refractivity contribution is 5.96. The zero-order valence-corrected chi connectivity index (χ0v) is 21.8. The zero-order chi connectivity index (χ0) is 27.7. The van der Waals surface area contributed by atoms with Gasteiger partial charge in [0, 0.05) is 29.7 Å². The summed E-state index contributed by atoms with van der Waals surface area (Å²) in [6, 6.07) is 21.9. The number of fused-ring (bicyclic) bond motifs is 1. The summed E-state index contributed by atoms with van der Waals surface area (Å²) < 4.78 is 3.32. The lowest BCUT2D eigenvalue weighted by Gasteiger charge is -2.22. The van der Waals surface area contributed by atoms with Crippen LogP contribution in [0.4, 0.5) is 11.8 Å². The largest absolute Gasteiger partial charge is 0.368 e. The topological polar surface area (TPSA) is 132 Å². The molecule has 0 aliphatic heterocycles. The van der Waals surface area contributed by atoms with Crippen LogP contribution in [0, 0.1) is 11.3 Å². The minimum absolute atomic E-state index is 0.0268. The van der Waals surface area contributed by atoms with Gasteiger partial charge < -0.3 is 15.6 Å². The molecular weight excluding hydrogens is 490 g/mol. The molecule has 194 valence electrons. The van der Waals surface area contributed by atoms with Crippen molar-refractivity contribution < 1.29 is 0 Å². The molecule has 39 heavy (non-hydrogen) atoms. The third kappa shape index (κ3) is 4.76. The molecule has 0 spiro atoms. The number of benzene rings is 2. The Balaban J connectivity index is 1.75. The molecule has 9 nitrogen and oxygen atoms in total. The molecule has 0 bridgehead atoms. The van der Waals surface area contributed by atoms with Crippen LogP contribution >= 0.6 is 0 Å². The molecule has 0 saturated carbocycles. The molecule has 0 aliphatic carbocycles. The summed E-state index contributed by atoms with van der Waals surface area (Å²) in [5, 5.41) is 14.1. The lowest BCUT2D eigenvalue weighted by atomic mass is 9.98. The van der Waals surface area contributed by atoms with Crippen molar-refractivity contribution in [3.63, 3.8) is 0 Å². The Kier molecular flexibility index (Phi) is 6.69. The third-order valence-corrected chi connectivity index (χ3v) is 6.62. The van der Waals surface area contributed by atoms with Crippen molar-refractivity contribution in [2.24, 2.45) is 0 Å². The third-order valence-electron chi connectivity index (χ3n) is 6.62. The van der Waals surface area contributed by atoms with E-state index >= 15 is 0 Å². The Hall–Kier alpha value is -5.23. The van der Waals surface area contributed by atoms with E-state index in [0.29, 0.717) is 16.8 Å². The summed E-state index contributed by atoms with van der Waals surface area (Å²) in [7, 11) is 0. The van der Waals surface area contributed by atoms with Crippen LogP contribution in [0.1, 0.15) is 44.1 Å². The highest BCUT2D eigenvalue weighted by atomic mass is 16.1. The molecule has 3 aromatic heterocycles. The number of rotatable bonds is 6. The van der Waals surface area contributed by atoms with Gasteiger partial charge >= 0.3 is 0 Å². The summed E-state index contributed by atoms with van der Waals surface area (Å²) >= 11 is 0. The molecule has 0 unspecified atom stereocenters. The monoisotopic (exact) mass is 517 g/mol. The maximum atomic E-state index is 14.3. The molecule has 0 saturated heterocycles. The van der Waals surface area contributed by atoms with Gasteiger partial charge in [-0.05, 0) is 61.5 Å². The number of para-hydroxylation sites is 1. The van der Waals surface area contributed by atoms with E-state index in [1.165, 1.54) is 12.3 Å². The molecule has 0 radical (unpaired) electrons. The Morgan fingerprint density at radius 2 is 1.77 bits per heavy atom. The smallest absolute Gasteiger partial charge is 0.263 e. The Morgan fingerprint density at radius 3 is 2.49 bits per heavy atom. The van der Waals surface area contributed by atoms with Gasteiger partial charge in [0.15, 0.2) is 0 Å². The number of pyridine rings is 2. The molecule has 5 aromatic rings. The second kappa shape index (κ2) is 10.3. The van der Waals surface area contributed by atoms with Crippen molar-refractivity contribution in [2.75, 3.05) is 11.1 Å². The predicted molar refractivity (Wildman–Crippen MR) is 153 cm³/mol. The highest BCUT2D eigenvalue weighted by Crippen LogP contribution is 2.30. The van der Waals surface area contributed by atoms with Crippen molar-refractivity contribution in [3.05, 3.63) is 111 Å². The molecule has 2 aromatic carbocycles. The fourth-order valence-electron chi connectivity index (χ4n) is 4.72. The maximum absolute atomic E-state index is 14.3. The van der Waals surface area contributed by atoms with Crippen LogP contribution in [0.5, 0.6) is 0 Å². The molecule has 9 heteroatoms. The standard InChI is InChI=1S/C30H27N7O2/c1-18(2)36-17-21(12-13-26(36)38)24-11-7-8-20-14-25(19(3)34-28-22(15-31)16-33-30(32)35-28)37(29(39)27(20)24)23-9-5-4-6-10-23/h4-14,16-19H,1-3H3,(H3,32,33,34,35)/t19-/m0/s1. The SMILES string of the molecule is CC(C)n1cc(-c2cccc3cc([C@H](C)Nc4nc(N)ncc4C#N)n(-c4ccccc4)c(=O)c23)ccc1=O. The van der Waals surface area contributed by atoms with Crippen LogP contribution in [-0.2, 0) is 0 Å². The molecule has 3 heterocycles. The van der Waals surface area contributed by atoms with Crippen LogP contribution in [-0.4, -0.2) is 19.1 Å². The number of nitrogens with zero attached hydrogens (tertiary/aromatic N) is 5. The van der Waals surface area contributed by atoms with Crippen LogP contribution in [0.25, 0.3) is 27.6 Å². The van der Waals surface area contributed by atoms with Crippen LogP contribution in [0.2, 0.25) is 0 Å². The summed E-state index contributed by atoms with van der Waals surface area (Å²) in [4.78, 5) is 34.8. The van der Waals surface area contributed by atoms with Gasteiger partial charge in [0.2, 0.25) is 5.95 Å². The van der Waals surface area contributed by atoms with Crippen LogP contribution in [0.3, 0.4) is 0 Å². The van der Waals surface area contributed by atoms with E-state index in [9.17, 15) is 14.9 Å². The second-order valence-electron chi connectivity index (χ2n) is 9.54. The van der Waals surface area contributed by atoms with E-state index in [4.69, 9.17) is 5.73 Å². The summed E-state index contributed by atoms with van der Waals surface area (Å²) in [5.41, 5.74) is 8.59. The van der Waals surface area contributed by atoms with E-state index in [2.05, 4.69) is 21.4 Å². The first-order valence-electron chi connectivity index (χ1n) is 12.5. The molecule has 0 aliphatic rings. The van der Waals surface area contributed by atoms with Crippen molar-refractivity contribution in [1.82, 2.24) is 19.1 Å². The number of nitrogens with two attached hydrogens (primary N) is 1. The number of anilines is 2. The summed E-state index contributed by atoms with van der Waals surface area (Å²) in [5.74, 6) is 0.324. The van der Waals surface area contributed by atoms with Gasteiger partial charge in [-0.1, -0.05) is 36.4 Å². The number of nitriles is 1. The summed E-state index contributed by atoms with van der Waals surface area (Å²) in [6.07, 6.45) is 3.17. The van der Waals surface area contributed by atoms with Crippen molar-refractivity contribution >= 4 is 22.5 Å². The second-order valence-corrected chi connectivity index (χ2v) is 9.54. The Bertz CT molecular complexity index is 1850. The van der Waals surface area contributed by atoms with Crippen LogP contribution < -0.4 is 22.2 Å². The first-order valence-corrected chi connectivity index (χ1v) is 12.5. The number of nitrogen functional groups attached to an aromatic ring is 1. The van der Waals surface area contributed by atoms with Gasteiger partial charge in [0.1, 0.15) is 17.5 Å². The first-order chi connectivity index (χ1) is 18.8. The van der Waals surface area contributed by atoms with Crippen LogP contribution in [0.15, 0.2) is 88.7 Å². The van der Waals surface area contributed by atoms with E-state index in [-0.39, 0.29) is 34.5 Å². The number of hydrogen-bond donors (Lipinski definition) is 2. The lowest BCUT2D eigenvalue weighted by Crippen LogP contribution is -2.26. The summed E-state index contributed by atoms with van der Waals surface area (Å²) in [6.45, 7) is 5.78. The zero-order valence-electron chi connectivity index (χ0n) is 21.8. The van der Waals surface area contributed by atoms with E-state index in [0.717, 1.165) is 16.5 Å². The minimum Gasteiger partial charge on any atom is -0.368 e. The van der Waals surface area contributed by atoms with Gasteiger partial charge in [-0.3, -0.25) is 14.2 Å². The normalized spacial score (nSPS) is 11.9. The molecule has 5 rings (SSSR count). The van der Waals surface area contributed by atoms with Crippen molar-refractivity contribution in [2.45, 2.75) is 32.9 Å². The lowest BCUT2D eigenvalue weighted by molar-refractivity contribution is 0.579. The van der Waals surface area contributed by atoms with E-state index < -0.39 is 6.04 Å². The molecular formula is C30H27N7O2. The average Bonchev–Trinajstić information content (AvgIpc) is 2.93. The van der Waals surface area contributed by atoms with Gasteiger partial charge in [-0.25, -0.2) is 4.98 Å². The number of hydrogen-bond acceptors (Lipinski definition) is 7. The van der Waals surface area contributed by atoms with Gasteiger partial charge in [0.25, 0.3) is 11.1 Å². The van der Waals surface area contributed by atoms with Gasteiger partial charge in [0.05, 0.1) is 17.6 Å². The number of nitrogens with one attached hydrogen (secondary N) is 1. The van der Waals surface area contributed by atoms with Crippen molar-refractivity contribution in [3.8, 4) is 22.9 Å². The van der Waals surface area contributed by atoms with E-state index in [1.807, 2.05) is 75.4 Å². The predicted octanol–water partition coefficient (Wildman–Crippen LogP) is 4.82. The van der Waals surface area contributed by atoms with Crippen molar-refractivity contribution in [1.29, 1.82) is 5.26 Å². The molecule has 0 fully saturated rings. The fourth-order valence-corrected chi connectivity index (χ4v) is 4.72. The van der Waals surface area contributed by atoms with E-state index in [1.54, 1.807) is 21.4 Å². The maximum Gasteiger partial charge on any atom is 0.263 e. The molecule has 1 atom stereocenters. The molecule has 0 amide bonds. The Labute approximate surface area is 224 Å².